The van der Waals surface area contributed by atoms with E-state index in [2.05, 4.69) is 32.6 Å². The van der Waals surface area contributed by atoms with E-state index in [4.69, 9.17) is 5.26 Å². The average Bonchev–Trinajstić information content (AvgIpc) is 2.83. The molecule has 0 atom stereocenters. The van der Waals surface area contributed by atoms with Crippen LogP contribution in [0, 0.1) is 11.3 Å². The van der Waals surface area contributed by atoms with Gasteiger partial charge in [0.05, 0.1) is 23.5 Å². The van der Waals surface area contributed by atoms with Gasteiger partial charge in [0.25, 0.3) is 0 Å². The van der Waals surface area contributed by atoms with Crippen molar-refractivity contribution in [2.45, 2.75) is 13.5 Å². The van der Waals surface area contributed by atoms with Gasteiger partial charge < -0.3 is 10.6 Å². The first kappa shape index (κ1) is 14.6. The number of hydrogen-bond donors (Lipinski definition) is 2. The highest BCUT2D eigenvalue weighted by Gasteiger charge is 2.07. The van der Waals surface area contributed by atoms with E-state index in [0.29, 0.717) is 12.1 Å². The highest BCUT2D eigenvalue weighted by molar-refractivity contribution is 9.10. The van der Waals surface area contributed by atoms with E-state index in [-0.39, 0.29) is 5.91 Å². The molecule has 0 unspecified atom stereocenters. The minimum atomic E-state index is -0.0917. The van der Waals surface area contributed by atoms with Gasteiger partial charge in [-0.25, -0.2) is 0 Å². The summed E-state index contributed by atoms with van der Waals surface area (Å²) in [6.07, 6.45) is 0. The zero-order valence-corrected chi connectivity index (χ0v) is 13.1. The number of anilines is 2. The van der Waals surface area contributed by atoms with Crippen LogP contribution in [0.3, 0.4) is 0 Å². The van der Waals surface area contributed by atoms with Crippen molar-refractivity contribution in [3.63, 3.8) is 0 Å². The molecule has 1 heterocycles. The highest BCUT2D eigenvalue weighted by Crippen LogP contribution is 2.25. The minimum Gasteiger partial charge on any atom is -0.379 e. The van der Waals surface area contributed by atoms with Gasteiger partial charge in [0, 0.05) is 16.3 Å². The van der Waals surface area contributed by atoms with Crippen LogP contribution in [0.4, 0.5) is 11.4 Å². The number of nitrogens with zero attached hydrogens (tertiary/aromatic N) is 1. The third kappa shape index (κ3) is 3.59. The summed E-state index contributed by atoms with van der Waals surface area (Å²) in [5.74, 6) is -0.0917. The number of benzene rings is 1. The smallest absolute Gasteiger partial charge is 0.221 e. The third-order valence-electron chi connectivity index (χ3n) is 2.60. The predicted octanol–water partition coefficient (Wildman–Crippen LogP) is 3.95. The minimum absolute atomic E-state index is 0.0917. The Morgan fingerprint density at radius 2 is 2.20 bits per heavy atom. The summed E-state index contributed by atoms with van der Waals surface area (Å²) in [6.45, 7) is 2.04. The molecule has 2 N–H and O–H groups in total. The molecule has 2 rings (SSSR count). The quantitative estimate of drug-likeness (QED) is 0.877. The Labute approximate surface area is 129 Å². The number of amides is 1. The molecule has 0 aliphatic carbocycles. The molecule has 0 bridgehead atoms. The summed E-state index contributed by atoms with van der Waals surface area (Å²) in [4.78, 5) is 12.1. The zero-order chi connectivity index (χ0) is 14.5. The molecule has 4 nitrogen and oxygen atoms in total. The molecule has 1 amide bonds. The maximum Gasteiger partial charge on any atom is 0.221 e. The van der Waals surface area contributed by atoms with Gasteiger partial charge in [0.2, 0.25) is 5.91 Å². The van der Waals surface area contributed by atoms with Crippen LogP contribution in [0.15, 0.2) is 34.1 Å². The molecule has 0 aliphatic heterocycles. The van der Waals surface area contributed by atoms with Gasteiger partial charge in [-0.15, -0.1) is 11.3 Å². The van der Waals surface area contributed by atoms with Gasteiger partial charge in [0.1, 0.15) is 6.07 Å². The highest BCUT2D eigenvalue weighted by atomic mass is 79.9. The number of rotatable bonds is 4. The number of halogens is 1. The van der Waals surface area contributed by atoms with Gasteiger partial charge >= 0.3 is 0 Å². The molecule has 6 heteroatoms. The first-order valence-electron chi connectivity index (χ1n) is 5.87. The van der Waals surface area contributed by atoms with Crippen molar-refractivity contribution in [1.82, 2.24) is 0 Å². The molecule has 0 saturated carbocycles. The molecule has 1 aromatic carbocycles. The maximum atomic E-state index is 11.1. The lowest BCUT2D eigenvalue weighted by molar-refractivity contribution is -0.114. The lowest BCUT2D eigenvalue weighted by Gasteiger charge is -2.09. The van der Waals surface area contributed by atoms with Gasteiger partial charge in [-0.3, -0.25) is 4.79 Å². The Morgan fingerprint density at radius 1 is 1.40 bits per heavy atom. The second-order valence-corrected chi connectivity index (χ2v) is 6.01. The SMILES string of the molecule is CC(=O)Nc1ccsc1CNc1ccc(Br)cc1C#N. The predicted molar refractivity (Wildman–Crippen MR) is 84.8 cm³/mol. The van der Waals surface area contributed by atoms with Crippen LogP contribution < -0.4 is 10.6 Å². The summed E-state index contributed by atoms with van der Waals surface area (Å²) in [5, 5.41) is 17.0. The number of hydrogen-bond acceptors (Lipinski definition) is 4. The van der Waals surface area contributed by atoms with Gasteiger partial charge in [-0.2, -0.15) is 5.26 Å². The second-order valence-electron chi connectivity index (χ2n) is 4.09. The second kappa shape index (κ2) is 6.55. The molecule has 20 heavy (non-hydrogen) atoms. The maximum absolute atomic E-state index is 11.1. The Kier molecular flexibility index (Phi) is 4.77. The van der Waals surface area contributed by atoms with E-state index in [1.54, 1.807) is 17.4 Å². The summed E-state index contributed by atoms with van der Waals surface area (Å²) in [7, 11) is 0. The van der Waals surface area contributed by atoms with Crippen molar-refractivity contribution in [2.75, 3.05) is 10.6 Å². The fourth-order valence-electron chi connectivity index (χ4n) is 1.72. The van der Waals surface area contributed by atoms with E-state index in [9.17, 15) is 4.79 Å². The molecule has 0 radical (unpaired) electrons. The van der Waals surface area contributed by atoms with E-state index in [1.807, 2.05) is 23.6 Å². The molecule has 2 aromatic rings. The van der Waals surface area contributed by atoms with Gasteiger partial charge in [-0.1, -0.05) is 15.9 Å². The van der Waals surface area contributed by atoms with E-state index < -0.39 is 0 Å². The zero-order valence-electron chi connectivity index (χ0n) is 10.7. The topological polar surface area (TPSA) is 64.9 Å². The van der Waals surface area contributed by atoms with E-state index in [0.717, 1.165) is 20.7 Å². The van der Waals surface area contributed by atoms with Crippen molar-refractivity contribution in [3.8, 4) is 6.07 Å². The summed E-state index contributed by atoms with van der Waals surface area (Å²) in [5.41, 5.74) is 2.17. The van der Waals surface area contributed by atoms with Crippen LogP contribution in [0.1, 0.15) is 17.4 Å². The first-order chi connectivity index (χ1) is 9.60. The number of nitriles is 1. The van der Waals surface area contributed by atoms with Crippen molar-refractivity contribution in [3.05, 3.63) is 44.6 Å². The molecule has 0 saturated heterocycles. The largest absolute Gasteiger partial charge is 0.379 e. The third-order valence-corrected chi connectivity index (χ3v) is 4.01. The average molecular weight is 350 g/mol. The van der Waals surface area contributed by atoms with Crippen LogP contribution in [0.5, 0.6) is 0 Å². The van der Waals surface area contributed by atoms with Crippen molar-refractivity contribution in [1.29, 1.82) is 5.26 Å². The molecule has 0 aliphatic rings. The van der Waals surface area contributed by atoms with Crippen LogP contribution in [0.25, 0.3) is 0 Å². The van der Waals surface area contributed by atoms with Gasteiger partial charge in [-0.05, 0) is 29.6 Å². The number of carbonyl (C=O) groups is 1. The molecule has 0 fully saturated rings. The molecule has 102 valence electrons. The Morgan fingerprint density at radius 3 is 2.90 bits per heavy atom. The summed E-state index contributed by atoms with van der Waals surface area (Å²) in [6, 6.07) is 9.53. The van der Waals surface area contributed by atoms with E-state index in [1.165, 1.54) is 6.92 Å². The number of thiophene rings is 1. The monoisotopic (exact) mass is 349 g/mol. The Hall–Kier alpha value is -1.84. The summed E-state index contributed by atoms with van der Waals surface area (Å²) >= 11 is 4.90. The van der Waals surface area contributed by atoms with Gasteiger partial charge in [0.15, 0.2) is 0 Å². The standard InChI is InChI=1S/C14H12BrN3OS/c1-9(19)18-13-4-5-20-14(13)8-17-12-3-2-11(15)6-10(12)7-16/h2-6,17H,8H2,1H3,(H,18,19). The molecular formula is C14H12BrN3OS. The van der Waals surface area contributed by atoms with Crippen molar-refractivity contribution < 1.29 is 4.79 Å². The van der Waals surface area contributed by atoms with Crippen LogP contribution in [-0.4, -0.2) is 5.91 Å². The number of nitrogens with one attached hydrogen (secondary N) is 2. The van der Waals surface area contributed by atoms with Crippen molar-refractivity contribution >= 4 is 44.5 Å². The van der Waals surface area contributed by atoms with Crippen LogP contribution in [-0.2, 0) is 11.3 Å². The lowest BCUT2D eigenvalue weighted by Crippen LogP contribution is -2.08. The molecular weight excluding hydrogens is 338 g/mol. The first-order valence-corrected chi connectivity index (χ1v) is 7.55. The van der Waals surface area contributed by atoms with Crippen LogP contribution in [0.2, 0.25) is 0 Å². The normalized spacial score (nSPS) is 9.85. The van der Waals surface area contributed by atoms with Crippen LogP contribution >= 0.6 is 27.3 Å². The Bertz CT molecular complexity index is 675. The molecule has 1 aromatic heterocycles. The number of carbonyl (C=O) groups excluding carboxylic acids is 1. The summed E-state index contributed by atoms with van der Waals surface area (Å²) < 4.78 is 0.870. The lowest BCUT2D eigenvalue weighted by atomic mass is 10.2. The van der Waals surface area contributed by atoms with Crippen molar-refractivity contribution in [2.24, 2.45) is 0 Å². The Balaban J connectivity index is 2.12. The molecule has 0 spiro atoms. The fourth-order valence-corrected chi connectivity index (χ4v) is 2.85. The van der Waals surface area contributed by atoms with E-state index >= 15 is 0 Å². The fraction of sp³-hybridized carbons (Fsp3) is 0.143.